The lowest BCUT2D eigenvalue weighted by atomic mass is 10.1. The van der Waals surface area contributed by atoms with Gasteiger partial charge in [-0.05, 0) is 19.1 Å². The van der Waals surface area contributed by atoms with Crippen LogP contribution in [-0.2, 0) is 11.3 Å². The molecule has 1 aliphatic rings. The van der Waals surface area contributed by atoms with Crippen molar-refractivity contribution in [2.75, 3.05) is 32.8 Å². The zero-order chi connectivity index (χ0) is 19.4. The van der Waals surface area contributed by atoms with Crippen molar-refractivity contribution in [3.63, 3.8) is 0 Å². The van der Waals surface area contributed by atoms with Crippen LogP contribution in [0.5, 0.6) is 0 Å². The summed E-state index contributed by atoms with van der Waals surface area (Å²) in [7, 11) is 0. The Bertz CT molecular complexity index is 766. The number of carbonyl (C=O) groups is 1. The van der Waals surface area contributed by atoms with E-state index in [9.17, 15) is 18.0 Å². The largest absolute Gasteiger partial charge is 0.465 e. The molecule has 0 bridgehead atoms. The summed E-state index contributed by atoms with van der Waals surface area (Å²) in [6.45, 7) is 3.45. The topological polar surface area (TPSA) is 72.5 Å². The Kier molecular flexibility index (Phi) is 5.85. The number of aryl methyl sites for hydroxylation is 1. The van der Waals surface area contributed by atoms with Gasteiger partial charge >= 0.3 is 6.18 Å². The molecule has 2 aromatic rings. The summed E-state index contributed by atoms with van der Waals surface area (Å²) in [5.41, 5.74) is 0.0793. The number of aromatic nitrogens is 2. The molecule has 27 heavy (non-hydrogen) atoms. The van der Waals surface area contributed by atoms with Gasteiger partial charge in [0.2, 0.25) is 0 Å². The van der Waals surface area contributed by atoms with Crippen LogP contribution in [0.4, 0.5) is 13.2 Å². The van der Waals surface area contributed by atoms with Crippen LogP contribution in [0.2, 0.25) is 0 Å². The molecule has 1 N–H and O–H groups in total. The first-order valence-corrected chi connectivity index (χ1v) is 8.57. The van der Waals surface area contributed by atoms with Gasteiger partial charge in [-0.25, -0.2) is 0 Å². The van der Waals surface area contributed by atoms with Crippen molar-refractivity contribution in [1.82, 2.24) is 20.0 Å². The first-order chi connectivity index (χ1) is 12.8. The third kappa shape index (κ3) is 5.33. The van der Waals surface area contributed by atoms with Crippen molar-refractivity contribution in [3.05, 3.63) is 41.6 Å². The van der Waals surface area contributed by atoms with E-state index in [4.69, 9.17) is 9.15 Å². The van der Waals surface area contributed by atoms with Crippen LogP contribution in [0, 0.1) is 6.92 Å². The van der Waals surface area contributed by atoms with Crippen molar-refractivity contribution < 1.29 is 27.1 Å². The molecule has 0 aliphatic carbocycles. The predicted molar refractivity (Wildman–Crippen MR) is 89.2 cm³/mol. The summed E-state index contributed by atoms with van der Waals surface area (Å²) in [6.07, 6.45) is -2.18. The Morgan fingerprint density at radius 2 is 2.07 bits per heavy atom. The van der Waals surface area contributed by atoms with Crippen LogP contribution in [0.15, 0.2) is 28.9 Å². The van der Waals surface area contributed by atoms with Gasteiger partial charge in [0.15, 0.2) is 0 Å². The second kappa shape index (κ2) is 8.13. The zero-order valence-electron chi connectivity index (χ0n) is 14.8. The van der Waals surface area contributed by atoms with Crippen LogP contribution in [-0.4, -0.2) is 59.6 Å². The lowest BCUT2D eigenvalue weighted by molar-refractivity contribution is -0.142. The summed E-state index contributed by atoms with van der Waals surface area (Å²) in [5.74, 6) is 1.01. The van der Waals surface area contributed by atoms with Gasteiger partial charge in [-0.1, -0.05) is 0 Å². The van der Waals surface area contributed by atoms with Crippen molar-refractivity contribution in [2.45, 2.75) is 25.7 Å². The van der Waals surface area contributed by atoms with Crippen LogP contribution >= 0.6 is 0 Å². The Hall–Kier alpha value is -2.33. The van der Waals surface area contributed by atoms with Crippen LogP contribution in [0.1, 0.15) is 27.9 Å². The standard InChI is InChI=1S/C17H21F3N4O3/c1-12-2-3-15(27-12)14(23-4-6-26-7-5-23)9-21-16(25)13-8-22-24(10-13)11-17(18,19)20/h2-3,8,10,14H,4-7,9,11H2,1H3,(H,21,25)/t14-/m0/s1. The minimum atomic E-state index is -4.39. The minimum Gasteiger partial charge on any atom is -0.465 e. The normalized spacial score (nSPS) is 17.0. The molecule has 2 aromatic heterocycles. The van der Waals surface area contributed by atoms with E-state index in [2.05, 4.69) is 15.3 Å². The predicted octanol–water partition coefficient (Wildman–Crippen LogP) is 2.15. The average Bonchev–Trinajstić information content (AvgIpc) is 3.24. The molecule has 148 valence electrons. The summed E-state index contributed by atoms with van der Waals surface area (Å²) >= 11 is 0. The molecule has 3 rings (SSSR count). The number of nitrogens with zero attached hydrogens (tertiary/aromatic N) is 3. The van der Waals surface area contributed by atoms with Crippen molar-refractivity contribution in [1.29, 1.82) is 0 Å². The number of alkyl halides is 3. The smallest absolute Gasteiger partial charge is 0.408 e. The molecule has 3 heterocycles. The lowest BCUT2D eigenvalue weighted by Gasteiger charge is -2.33. The van der Waals surface area contributed by atoms with Crippen molar-refractivity contribution in [2.24, 2.45) is 0 Å². The highest BCUT2D eigenvalue weighted by atomic mass is 19.4. The fraction of sp³-hybridized carbons (Fsp3) is 0.529. The van der Waals surface area contributed by atoms with E-state index >= 15 is 0 Å². The number of nitrogens with one attached hydrogen (secondary N) is 1. The second-order valence-corrected chi connectivity index (χ2v) is 6.36. The van der Waals surface area contributed by atoms with Gasteiger partial charge in [0.25, 0.3) is 5.91 Å². The third-order valence-corrected chi connectivity index (χ3v) is 4.27. The number of carbonyl (C=O) groups excluding carboxylic acids is 1. The molecule has 1 saturated heterocycles. The number of hydrogen-bond acceptors (Lipinski definition) is 5. The minimum absolute atomic E-state index is 0.0793. The average molecular weight is 386 g/mol. The number of amides is 1. The molecule has 0 spiro atoms. The maximum Gasteiger partial charge on any atom is 0.408 e. The van der Waals surface area contributed by atoms with E-state index in [1.807, 2.05) is 19.1 Å². The van der Waals surface area contributed by atoms with Gasteiger partial charge in [0, 0.05) is 25.8 Å². The first kappa shape index (κ1) is 19.4. The summed E-state index contributed by atoms with van der Waals surface area (Å²) in [5, 5.41) is 6.36. The fourth-order valence-electron chi connectivity index (χ4n) is 2.97. The van der Waals surface area contributed by atoms with Crippen molar-refractivity contribution in [3.8, 4) is 0 Å². The third-order valence-electron chi connectivity index (χ3n) is 4.27. The number of halogens is 3. The van der Waals surface area contributed by atoms with Gasteiger partial charge < -0.3 is 14.5 Å². The van der Waals surface area contributed by atoms with Gasteiger partial charge in [-0.2, -0.15) is 18.3 Å². The molecule has 10 heteroatoms. The molecule has 0 radical (unpaired) electrons. The Morgan fingerprint density at radius 3 is 2.70 bits per heavy atom. The van der Waals surface area contributed by atoms with Crippen LogP contribution in [0.3, 0.4) is 0 Å². The van der Waals surface area contributed by atoms with E-state index < -0.39 is 18.6 Å². The number of rotatable bonds is 6. The molecule has 7 nitrogen and oxygen atoms in total. The number of ether oxygens (including phenoxy) is 1. The molecule has 0 aromatic carbocycles. The molecule has 0 unspecified atom stereocenters. The van der Waals surface area contributed by atoms with Gasteiger partial charge in [-0.15, -0.1) is 0 Å². The summed E-state index contributed by atoms with van der Waals surface area (Å²) < 4.78 is 49.0. The first-order valence-electron chi connectivity index (χ1n) is 8.57. The van der Waals surface area contributed by atoms with E-state index in [1.165, 1.54) is 0 Å². The number of hydrogen-bond donors (Lipinski definition) is 1. The molecular formula is C17H21F3N4O3. The maximum atomic E-state index is 12.4. The molecule has 1 fully saturated rings. The Balaban J connectivity index is 1.65. The summed E-state index contributed by atoms with van der Waals surface area (Å²) in [4.78, 5) is 14.5. The molecule has 1 amide bonds. The van der Waals surface area contributed by atoms with Gasteiger partial charge in [-0.3, -0.25) is 14.4 Å². The molecular weight excluding hydrogens is 365 g/mol. The monoisotopic (exact) mass is 386 g/mol. The maximum absolute atomic E-state index is 12.4. The zero-order valence-corrected chi connectivity index (χ0v) is 14.8. The highest BCUT2D eigenvalue weighted by molar-refractivity contribution is 5.93. The van der Waals surface area contributed by atoms with E-state index in [0.29, 0.717) is 31.0 Å². The van der Waals surface area contributed by atoms with Crippen LogP contribution < -0.4 is 5.32 Å². The molecule has 1 aliphatic heterocycles. The SMILES string of the molecule is Cc1ccc([C@H](CNC(=O)c2cnn(CC(F)(F)F)c2)N2CCOCC2)o1. The molecule has 1 atom stereocenters. The lowest BCUT2D eigenvalue weighted by Crippen LogP contribution is -2.43. The van der Waals surface area contributed by atoms with E-state index in [0.717, 1.165) is 23.9 Å². The number of morpholine rings is 1. The quantitative estimate of drug-likeness (QED) is 0.824. The highest BCUT2D eigenvalue weighted by Crippen LogP contribution is 2.23. The Morgan fingerprint density at radius 1 is 1.33 bits per heavy atom. The highest BCUT2D eigenvalue weighted by Gasteiger charge is 2.29. The van der Waals surface area contributed by atoms with Crippen LogP contribution in [0.25, 0.3) is 0 Å². The Labute approximate surface area is 154 Å². The van der Waals surface area contributed by atoms with Gasteiger partial charge in [0.1, 0.15) is 18.1 Å². The van der Waals surface area contributed by atoms with E-state index in [-0.39, 0.29) is 18.2 Å². The van der Waals surface area contributed by atoms with E-state index in [1.54, 1.807) is 0 Å². The van der Waals surface area contributed by atoms with Gasteiger partial charge in [0.05, 0.1) is 31.0 Å². The second-order valence-electron chi connectivity index (χ2n) is 6.36. The fourth-order valence-corrected chi connectivity index (χ4v) is 2.97. The summed E-state index contributed by atoms with van der Waals surface area (Å²) in [6, 6.07) is 3.53. The van der Waals surface area contributed by atoms with Crippen molar-refractivity contribution >= 4 is 5.91 Å². The molecule has 0 saturated carbocycles. The number of furan rings is 1.